The number of carbonyl (C=O) groups excluding carboxylic acids is 1. The normalized spacial score (nSPS) is 27.9. The number of alkyl halides is 3. The third kappa shape index (κ3) is 3.06. The van der Waals surface area contributed by atoms with E-state index in [-0.39, 0.29) is 17.9 Å². The van der Waals surface area contributed by atoms with Crippen LogP contribution >= 0.6 is 0 Å². The zero-order chi connectivity index (χ0) is 16.8. The molecule has 0 bridgehead atoms. The number of amides is 1. The summed E-state index contributed by atoms with van der Waals surface area (Å²) in [4.78, 5) is 13.9. The lowest BCUT2D eigenvalue weighted by atomic mass is 9.78. The summed E-state index contributed by atoms with van der Waals surface area (Å²) in [6.07, 6.45) is -1.78. The van der Waals surface area contributed by atoms with Gasteiger partial charge < -0.3 is 10.6 Å². The molecule has 3 unspecified atom stereocenters. The molecule has 3 nitrogen and oxygen atoms in total. The minimum atomic E-state index is -4.61. The van der Waals surface area contributed by atoms with Gasteiger partial charge in [0.05, 0.1) is 11.1 Å². The van der Waals surface area contributed by atoms with Crippen LogP contribution in [0.15, 0.2) is 18.2 Å². The number of carbonyl (C=O) groups is 1. The number of benzene rings is 1. The molecule has 2 fully saturated rings. The molecule has 126 valence electrons. The summed E-state index contributed by atoms with van der Waals surface area (Å²) in [5.74, 6) is -1.20. The Bertz CT molecular complexity index is 617. The molecule has 0 aromatic heterocycles. The average Bonchev–Trinajstić information content (AvgIpc) is 2.91. The Morgan fingerprint density at radius 1 is 1.22 bits per heavy atom. The zero-order valence-corrected chi connectivity index (χ0v) is 12.4. The number of nitrogens with zero attached hydrogens (tertiary/aromatic N) is 1. The van der Waals surface area contributed by atoms with Crippen LogP contribution in [0.2, 0.25) is 0 Å². The molecule has 1 saturated heterocycles. The van der Waals surface area contributed by atoms with Crippen LogP contribution in [0.25, 0.3) is 0 Å². The van der Waals surface area contributed by atoms with Gasteiger partial charge in [0.2, 0.25) is 0 Å². The van der Waals surface area contributed by atoms with Crippen LogP contribution < -0.4 is 5.73 Å². The molecule has 3 rings (SSSR count). The SMILES string of the molecule is NC1CCCC2CN(C(=O)c3cc(C(F)(F)F)ccc3F)CC12. The van der Waals surface area contributed by atoms with Crippen LogP contribution in [0.5, 0.6) is 0 Å². The van der Waals surface area contributed by atoms with Gasteiger partial charge in [-0.3, -0.25) is 4.79 Å². The average molecular weight is 330 g/mol. The number of halogens is 4. The fourth-order valence-electron chi connectivity index (χ4n) is 3.72. The molecule has 2 aliphatic rings. The molecule has 1 heterocycles. The topological polar surface area (TPSA) is 46.3 Å². The fraction of sp³-hybridized carbons (Fsp3) is 0.562. The molecule has 3 atom stereocenters. The van der Waals surface area contributed by atoms with Crippen molar-refractivity contribution in [2.45, 2.75) is 31.5 Å². The Hall–Kier alpha value is -1.63. The largest absolute Gasteiger partial charge is 0.416 e. The van der Waals surface area contributed by atoms with Crippen LogP contribution in [0.1, 0.15) is 35.2 Å². The van der Waals surface area contributed by atoms with Gasteiger partial charge in [-0.2, -0.15) is 13.2 Å². The first kappa shape index (κ1) is 16.2. The van der Waals surface area contributed by atoms with Gasteiger partial charge in [0.25, 0.3) is 5.91 Å². The Kier molecular flexibility index (Phi) is 4.08. The molecular weight excluding hydrogens is 312 g/mol. The van der Waals surface area contributed by atoms with E-state index >= 15 is 0 Å². The molecule has 1 amide bonds. The molecule has 2 N–H and O–H groups in total. The number of likely N-dealkylation sites (tertiary alicyclic amines) is 1. The van der Waals surface area contributed by atoms with E-state index in [1.54, 1.807) is 0 Å². The van der Waals surface area contributed by atoms with Gasteiger partial charge in [0.15, 0.2) is 0 Å². The maximum atomic E-state index is 13.9. The molecule has 0 spiro atoms. The second kappa shape index (κ2) is 5.78. The van der Waals surface area contributed by atoms with E-state index in [2.05, 4.69) is 0 Å². The van der Waals surface area contributed by atoms with Crippen LogP contribution in [-0.4, -0.2) is 29.9 Å². The standard InChI is InChI=1S/C16H18F4N2O/c17-13-5-4-10(16(18,19)20)6-11(13)15(23)22-7-9-2-1-3-14(21)12(9)8-22/h4-6,9,12,14H,1-3,7-8,21H2. The molecule has 0 radical (unpaired) electrons. The van der Waals surface area contributed by atoms with Crippen molar-refractivity contribution in [3.63, 3.8) is 0 Å². The summed E-state index contributed by atoms with van der Waals surface area (Å²) < 4.78 is 52.2. The first-order valence-electron chi connectivity index (χ1n) is 7.69. The van der Waals surface area contributed by atoms with E-state index in [1.807, 2.05) is 0 Å². The van der Waals surface area contributed by atoms with Crippen molar-refractivity contribution in [3.8, 4) is 0 Å². The van der Waals surface area contributed by atoms with Crippen molar-refractivity contribution >= 4 is 5.91 Å². The Balaban J connectivity index is 1.84. The van der Waals surface area contributed by atoms with Gasteiger partial charge in [-0.1, -0.05) is 6.42 Å². The Morgan fingerprint density at radius 3 is 2.61 bits per heavy atom. The van der Waals surface area contributed by atoms with E-state index in [1.165, 1.54) is 4.90 Å². The molecule has 1 aromatic rings. The van der Waals surface area contributed by atoms with E-state index in [9.17, 15) is 22.4 Å². The number of fused-ring (bicyclic) bond motifs is 1. The van der Waals surface area contributed by atoms with Crippen LogP contribution in [0.3, 0.4) is 0 Å². The van der Waals surface area contributed by atoms with Crippen molar-refractivity contribution in [1.29, 1.82) is 0 Å². The Labute approximate surface area is 131 Å². The molecule has 23 heavy (non-hydrogen) atoms. The highest BCUT2D eigenvalue weighted by molar-refractivity contribution is 5.95. The van der Waals surface area contributed by atoms with Gasteiger partial charge >= 0.3 is 6.18 Å². The lowest BCUT2D eigenvalue weighted by Gasteiger charge is -2.29. The maximum absolute atomic E-state index is 13.9. The van der Waals surface area contributed by atoms with Crippen molar-refractivity contribution < 1.29 is 22.4 Å². The van der Waals surface area contributed by atoms with Crippen LogP contribution in [0.4, 0.5) is 17.6 Å². The van der Waals surface area contributed by atoms with E-state index in [0.29, 0.717) is 31.3 Å². The Morgan fingerprint density at radius 2 is 1.96 bits per heavy atom. The zero-order valence-electron chi connectivity index (χ0n) is 12.4. The van der Waals surface area contributed by atoms with E-state index < -0.39 is 29.0 Å². The summed E-state index contributed by atoms with van der Waals surface area (Å²) in [7, 11) is 0. The summed E-state index contributed by atoms with van der Waals surface area (Å²) in [5.41, 5.74) is 4.53. The van der Waals surface area contributed by atoms with Gasteiger partial charge in [-0.25, -0.2) is 4.39 Å². The second-order valence-corrected chi connectivity index (χ2v) is 6.42. The van der Waals surface area contributed by atoms with Gasteiger partial charge in [-0.15, -0.1) is 0 Å². The van der Waals surface area contributed by atoms with Crippen molar-refractivity contribution in [2.24, 2.45) is 17.6 Å². The highest BCUT2D eigenvalue weighted by Gasteiger charge is 2.41. The van der Waals surface area contributed by atoms with Gasteiger partial charge in [0.1, 0.15) is 5.82 Å². The number of nitrogens with two attached hydrogens (primary N) is 1. The maximum Gasteiger partial charge on any atom is 0.416 e. The van der Waals surface area contributed by atoms with E-state index in [4.69, 9.17) is 5.73 Å². The van der Waals surface area contributed by atoms with Crippen molar-refractivity contribution in [3.05, 3.63) is 35.1 Å². The summed E-state index contributed by atoms with van der Waals surface area (Å²) >= 11 is 0. The minimum absolute atomic E-state index is 0.00194. The fourth-order valence-corrected chi connectivity index (χ4v) is 3.72. The van der Waals surface area contributed by atoms with Gasteiger partial charge in [0, 0.05) is 19.1 Å². The summed E-state index contributed by atoms with van der Waals surface area (Å²) in [6.45, 7) is 0.827. The van der Waals surface area contributed by atoms with E-state index in [0.717, 1.165) is 19.3 Å². The molecule has 7 heteroatoms. The highest BCUT2D eigenvalue weighted by atomic mass is 19.4. The summed E-state index contributed by atoms with van der Waals surface area (Å²) in [6, 6.07) is 1.94. The monoisotopic (exact) mass is 330 g/mol. The van der Waals surface area contributed by atoms with Gasteiger partial charge in [-0.05, 0) is 42.9 Å². The predicted molar refractivity (Wildman–Crippen MR) is 76.1 cm³/mol. The third-order valence-electron chi connectivity index (χ3n) is 4.97. The lowest BCUT2D eigenvalue weighted by Crippen LogP contribution is -2.38. The number of hydrogen-bond acceptors (Lipinski definition) is 2. The predicted octanol–water partition coefficient (Wildman–Crippen LogP) is 3.04. The van der Waals surface area contributed by atoms with Crippen LogP contribution in [-0.2, 0) is 6.18 Å². The lowest BCUT2D eigenvalue weighted by molar-refractivity contribution is -0.137. The van der Waals surface area contributed by atoms with Crippen molar-refractivity contribution in [2.75, 3.05) is 13.1 Å². The molecule has 1 aliphatic carbocycles. The molecule has 1 aromatic carbocycles. The minimum Gasteiger partial charge on any atom is -0.338 e. The quantitative estimate of drug-likeness (QED) is 0.805. The first-order valence-corrected chi connectivity index (χ1v) is 7.69. The van der Waals surface area contributed by atoms with Crippen molar-refractivity contribution in [1.82, 2.24) is 4.90 Å². The summed E-state index contributed by atoms with van der Waals surface area (Å²) in [5, 5.41) is 0. The van der Waals surface area contributed by atoms with Crippen LogP contribution in [0, 0.1) is 17.7 Å². The molecule has 1 aliphatic heterocycles. The molecule has 1 saturated carbocycles. The number of rotatable bonds is 1. The third-order valence-corrected chi connectivity index (χ3v) is 4.97. The first-order chi connectivity index (χ1) is 10.8. The number of hydrogen-bond donors (Lipinski definition) is 1. The highest BCUT2D eigenvalue weighted by Crippen LogP contribution is 2.37. The second-order valence-electron chi connectivity index (χ2n) is 6.42. The smallest absolute Gasteiger partial charge is 0.338 e. The molecular formula is C16H18F4N2O.